The Morgan fingerprint density at radius 2 is 1.67 bits per heavy atom. The molecule has 2 aromatic rings. The minimum Gasteiger partial charge on any atom is -0.492 e. The van der Waals surface area contributed by atoms with E-state index in [2.05, 4.69) is 0 Å². The van der Waals surface area contributed by atoms with Crippen LogP contribution in [0.2, 0.25) is 0 Å². The second kappa shape index (κ2) is 9.35. The van der Waals surface area contributed by atoms with Gasteiger partial charge in [0.1, 0.15) is 10.6 Å². The summed E-state index contributed by atoms with van der Waals surface area (Å²) in [5, 5.41) is 0. The van der Waals surface area contributed by atoms with Gasteiger partial charge < -0.3 is 9.47 Å². The molecule has 0 N–H and O–H groups in total. The van der Waals surface area contributed by atoms with Gasteiger partial charge in [0.15, 0.2) is 0 Å². The van der Waals surface area contributed by atoms with Gasteiger partial charge in [-0.2, -0.15) is 4.31 Å². The molecule has 6 heteroatoms. The molecule has 3 rings (SSSR count). The zero-order chi connectivity index (χ0) is 19.1. The van der Waals surface area contributed by atoms with Gasteiger partial charge in [0, 0.05) is 19.7 Å². The highest BCUT2D eigenvalue weighted by molar-refractivity contribution is 7.89. The predicted octanol–water partition coefficient (Wildman–Crippen LogP) is 3.70. The lowest BCUT2D eigenvalue weighted by atomic mass is 9.99. The first-order chi connectivity index (χ1) is 13.1. The van der Waals surface area contributed by atoms with Crippen LogP contribution in [0.3, 0.4) is 0 Å². The van der Waals surface area contributed by atoms with Gasteiger partial charge in [-0.05, 0) is 43.4 Å². The number of piperidine rings is 1. The van der Waals surface area contributed by atoms with Gasteiger partial charge >= 0.3 is 0 Å². The molecule has 27 heavy (non-hydrogen) atoms. The maximum atomic E-state index is 13.0. The third kappa shape index (κ3) is 5.09. The van der Waals surface area contributed by atoms with E-state index < -0.39 is 10.0 Å². The normalized spacial score (nSPS) is 16.3. The Labute approximate surface area is 162 Å². The van der Waals surface area contributed by atoms with E-state index in [1.54, 1.807) is 28.6 Å². The lowest BCUT2D eigenvalue weighted by Gasteiger charge is -2.31. The summed E-state index contributed by atoms with van der Waals surface area (Å²) in [7, 11) is -3.53. The van der Waals surface area contributed by atoms with Crippen LogP contribution in [0.25, 0.3) is 0 Å². The smallest absolute Gasteiger partial charge is 0.246 e. The van der Waals surface area contributed by atoms with Crippen LogP contribution in [0.15, 0.2) is 59.5 Å². The minimum absolute atomic E-state index is 0.255. The Morgan fingerprint density at radius 3 is 2.37 bits per heavy atom. The highest BCUT2D eigenvalue weighted by Crippen LogP contribution is 2.29. The average Bonchev–Trinajstić information content (AvgIpc) is 2.70. The fourth-order valence-electron chi connectivity index (χ4n) is 3.31. The van der Waals surface area contributed by atoms with Crippen LogP contribution >= 0.6 is 0 Å². The van der Waals surface area contributed by atoms with Crippen LogP contribution in [0.5, 0.6) is 5.75 Å². The molecular formula is C21H27NO4S. The van der Waals surface area contributed by atoms with E-state index in [-0.39, 0.29) is 4.90 Å². The highest BCUT2D eigenvalue weighted by atomic mass is 32.2. The number of nitrogens with zero attached hydrogens (tertiary/aromatic N) is 1. The van der Waals surface area contributed by atoms with Crippen molar-refractivity contribution in [1.29, 1.82) is 0 Å². The first-order valence-electron chi connectivity index (χ1n) is 9.45. The zero-order valence-electron chi connectivity index (χ0n) is 15.7. The summed E-state index contributed by atoms with van der Waals surface area (Å²) < 4.78 is 38.9. The van der Waals surface area contributed by atoms with Gasteiger partial charge in [-0.3, -0.25) is 0 Å². The first kappa shape index (κ1) is 19.9. The van der Waals surface area contributed by atoms with Gasteiger partial charge in [0.2, 0.25) is 10.0 Å². The standard InChI is InChI=1S/C21H27NO4S/c1-2-26-20-10-6-7-11-21(20)27(23,24)22-14-12-19(13-15-22)17-25-16-18-8-4-3-5-9-18/h3-11,19H,2,12-17H2,1H3. The van der Waals surface area contributed by atoms with Crippen LogP contribution in [-0.2, 0) is 21.4 Å². The number of sulfonamides is 1. The van der Waals surface area contributed by atoms with Crippen molar-refractivity contribution in [3.05, 3.63) is 60.2 Å². The van der Waals surface area contributed by atoms with Crippen molar-refractivity contribution in [1.82, 2.24) is 4.31 Å². The van der Waals surface area contributed by atoms with Crippen LogP contribution in [-0.4, -0.2) is 39.0 Å². The van der Waals surface area contributed by atoms with Crippen molar-refractivity contribution in [2.24, 2.45) is 5.92 Å². The quantitative estimate of drug-likeness (QED) is 0.691. The van der Waals surface area contributed by atoms with Crippen LogP contribution < -0.4 is 4.74 Å². The van der Waals surface area contributed by atoms with Crippen molar-refractivity contribution in [3.8, 4) is 5.75 Å². The average molecular weight is 390 g/mol. The largest absolute Gasteiger partial charge is 0.492 e. The third-order valence-electron chi connectivity index (χ3n) is 4.81. The third-order valence-corrected chi connectivity index (χ3v) is 6.74. The summed E-state index contributed by atoms with van der Waals surface area (Å²) >= 11 is 0. The summed E-state index contributed by atoms with van der Waals surface area (Å²) in [6, 6.07) is 16.9. The summed E-state index contributed by atoms with van der Waals surface area (Å²) in [6.45, 7) is 4.58. The van der Waals surface area contributed by atoms with E-state index in [0.717, 1.165) is 18.4 Å². The van der Waals surface area contributed by atoms with E-state index in [1.807, 2.05) is 37.3 Å². The number of hydrogen-bond acceptors (Lipinski definition) is 4. The number of benzene rings is 2. The monoisotopic (exact) mass is 389 g/mol. The molecule has 0 unspecified atom stereocenters. The molecule has 5 nitrogen and oxygen atoms in total. The Bertz CT molecular complexity index is 815. The van der Waals surface area contributed by atoms with Gasteiger partial charge in [-0.15, -0.1) is 0 Å². The molecule has 1 saturated heterocycles. The number of para-hydroxylation sites is 1. The van der Waals surface area contributed by atoms with E-state index in [0.29, 0.717) is 44.6 Å². The molecule has 0 spiro atoms. The topological polar surface area (TPSA) is 55.8 Å². The molecule has 0 bridgehead atoms. The summed E-state index contributed by atoms with van der Waals surface area (Å²) in [4.78, 5) is 0.255. The second-order valence-electron chi connectivity index (χ2n) is 6.73. The maximum absolute atomic E-state index is 13.0. The fraction of sp³-hybridized carbons (Fsp3) is 0.429. The zero-order valence-corrected chi connectivity index (χ0v) is 16.5. The molecule has 1 fully saturated rings. The van der Waals surface area contributed by atoms with Crippen molar-refractivity contribution in [2.45, 2.75) is 31.3 Å². The van der Waals surface area contributed by atoms with Gasteiger partial charge in [0.25, 0.3) is 0 Å². The predicted molar refractivity (Wildman–Crippen MR) is 105 cm³/mol. The van der Waals surface area contributed by atoms with Crippen molar-refractivity contribution >= 4 is 10.0 Å². The van der Waals surface area contributed by atoms with E-state index in [9.17, 15) is 8.42 Å². The molecule has 0 amide bonds. The first-order valence-corrected chi connectivity index (χ1v) is 10.9. The Hall–Kier alpha value is -1.89. The fourth-order valence-corrected chi connectivity index (χ4v) is 4.91. The van der Waals surface area contributed by atoms with Crippen molar-refractivity contribution < 1.29 is 17.9 Å². The number of ether oxygens (including phenoxy) is 2. The summed E-state index contributed by atoms with van der Waals surface area (Å²) in [5.41, 5.74) is 1.16. The van der Waals surface area contributed by atoms with Gasteiger partial charge in [0.05, 0.1) is 13.2 Å². The van der Waals surface area contributed by atoms with Crippen LogP contribution in [0, 0.1) is 5.92 Å². The van der Waals surface area contributed by atoms with Crippen LogP contribution in [0.1, 0.15) is 25.3 Å². The number of rotatable bonds is 8. The van der Waals surface area contributed by atoms with E-state index >= 15 is 0 Å². The second-order valence-corrected chi connectivity index (χ2v) is 8.63. The summed E-state index contributed by atoms with van der Waals surface area (Å²) in [6.07, 6.45) is 1.62. The molecule has 0 aliphatic carbocycles. The molecule has 1 aliphatic rings. The Balaban J connectivity index is 1.54. The molecular weight excluding hydrogens is 362 g/mol. The summed E-state index contributed by atoms with van der Waals surface area (Å²) in [5.74, 6) is 0.815. The lowest BCUT2D eigenvalue weighted by Crippen LogP contribution is -2.39. The van der Waals surface area contributed by atoms with E-state index in [4.69, 9.17) is 9.47 Å². The number of hydrogen-bond donors (Lipinski definition) is 0. The SMILES string of the molecule is CCOc1ccccc1S(=O)(=O)N1CCC(COCc2ccccc2)CC1. The van der Waals surface area contributed by atoms with Gasteiger partial charge in [-0.25, -0.2) is 8.42 Å². The Morgan fingerprint density at radius 1 is 1.00 bits per heavy atom. The molecule has 1 heterocycles. The lowest BCUT2D eigenvalue weighted by molar-refractivity contribution is 0.0687. The van der Waals surface area contributed by atoms with Crippen molar-refractivity contribution in [2.75, 3.05) is 26.3 Å². The Kier molecular flexibility index (Phi) is 6.88. The molecule has 0 atom stereocenters. The van der Waals surface area contributed by atoms with Crippen LogP contribution in [0.4, 0.5) is 0 Å². The van der Waals surface area contributed by atoms with Gasteiger partial charge in [-0.1, -0.05) is 42.5 Å². The molecule has 146 valence electrons. The molecule has 0 aromatic heterocycles. The maximum Gasteiger partial charge on any atom is 0.246 e. The molecule has 2 aromatic carbocycles. The molecule has 0 saturated carbocycles. The van der Waals surface area contributed by atoms with Crippen molar-refractivity contribution in [3.63, 3.8) is 0 Å². The molecule has 1 aliphatic heterocycles. The molecule has 0 radical (unpaired) electrons. The minimum atomic E-state index is -3.53. The van der Waals surface area contributed by atoms with E-state index in [1.165, 1.54) is 0 Å². The highest BCUT2D eigenvalue weighted by Gasteiger charge is 2.31.